The zero-order valence-corrected chi connectivity index (χ0v) is 12.7. The van der Waals surface area contributed by atoms with Crippen LogP contribution in [-0.2, 0) is 9.53 Å². The van der Waals surface area contributed by atoms with Crippen LogP contribution in [-0.4, -0.2) is 31.9 Å². The topological polar surface area (TPSA) is 65.0 Å². The third-order valence-electron chi connectivity index (χ3n) is 2.52. The number of benzene rings is 1. The van der Waals surface area contributed by atoms with Gasteiger partial charge in [0.15, 0.2) is 0 Å². The Morgan fingerprint density at radius 3 is 2.26 bits per heavy atom. The molecule has 1 aromatic rings. The molecule has 1 aromatic carbocycles. The maximum absolute atomic E-state index is 11.3. The second-order valence-electron chi connectivity index (χ2n) is 3.76. The minimum Gasteiger partial charge on any atom is -0.495 e. The normalized spacial score (nSPS) is 11.8. The number of carbonyl (C=O) groups is 1. The molecule has 5 nitrogen and oxygen atoms in total. The van der Waals surface area contributed by atoms with Crippen LogP contribution in [0.2, 0.25) is 0 Å². The van der Waals surface area contributed by atoms with Gasteiger partial charge in [0.25, 0.3) is 0 Å². The number of hydrogen-bond acceptors (Lipinski definition) is 5. The van der Waals surface area contributed by atoms with Gasteiger partial charge in [0.05, 0.1) is 33.4 Å². The number of methoxy groups -OCH3 is 2. The molecule has 1 atom stereocenters. The number of carbonyl (C=O) groups excluding carboxylic acids is 1. The standard InChI is InChI=1S/C13H17BrO5/c1-4-19-12(16)7-9(15)8-5-10(17-2)13(14)11(6-8)18-3/h5-6,9,15H,4,7H2,1-3H3. The highest BCUT2D eigenvalue weighted by atomic mass is 79.9. The molecule has 0 aliphatic rings. The van der Waals surface area contributed by atoms with Gasteiger partial charge in [0.1, 0.15) is 16.0 Å². The van der Waals surface area contributed by atoms with Crippen LogP contribution in [0.15, 0.2) is 16.6 Å². The highest BCUT2D eigenvalue weighted by Gasteiger charge is 2.18. The van der Waals surface area contributed by atoms with E-state index < -0.39 is 12.1 Å². The van der Waals surface area contributed by atoms with Gasteiger partial charge in [-0.05, 0) is 40.5 Å². The molecule has 1 rings (SSSR count). The first-order chi connectivity index (χ1) is 9.03. The summed E-state index contributed by atoms with van der Waals surface area (Å²) in [6.07, 6.45) is -1.07. The summed E-state index contributed by atoms with van der Waals surface area (Å²) < 4.78 is 15.8. The molecule has 0 saturated carbocycles. The largest absolute Gasteiger partial charge is 0.495 e. The summed E-state index contributed by atoms with van der Waals surface area (Å²) in [5.41, 5.74) is 0.532. The maximum atomic E-state index is 11.3. The molecular weight excluding hydrogens is 316 g/mol. The number of ether oxygens (including phenoxy) is 3. The third kappa shape index (κ3) is 4.11. The monoisotopic (exact) mass is 332 g/mol. The Hall–Kier alpha value is -1.27. The van der Waals surface area contributed by atoms with E-state index in [0.29, 0.717) is 28.1 Å². The van der Waals surface area contributed by atoms with Crippen molar-refractivity contribution in [3.05, 3.63) is 22.2 Å². The van der Waals surface area contributed by atoms with Crippen LogP contribution >= 0.6 is 15.9 Å². The molecule has 1 unspecified atom stereocenters. The summed E-state index contributed by atoms with van der Waals surface area (Å²) in [6, 6.07) is 3.30. The van der Waals surface area contributed by atoms with Crippen molar-refractivity contribution in [3.8, 4) is 11.5 Å². The fraction of sp³-hybridized carbons (Fsp3) is 0.462. The fourth-order valence-corrected chi connectivity index (χ4v) is 2.13. The molecular formula is C13H17BrO5. The Kier molecular flexibility index (Phi) is 6.11. The molecule has 6 heteroatoms. The molecule has 0 heterocycles. The van der Waals surface area contributed by atoms with Crippen molar-refractivity contribution in [2.75, 3.05) is 20.8 Å². The Morgan fingerprint density at radius 1 is 1.32 bits per heavy atom. The Balaban J connectivity index is 2.96. The Labute approximate surface area is 120 Å². The molecule has 0 aliphatic carbocycles. The van der Waals surface area contributed by atoms with Crippen molar-refractivity contribution >= 4 is 21.9 Å². The molecule has 0 spiro atoms. The number of esters is 1. The first-order valence-electron chi connectivity index (χ1n) is 5.78. The Bertz CT molecular complexity index is 422. The molecule has 19 heavy (non-hydrogen) atoms. The van der Waals surface area contributed by atoms with Gasteiger partial charge in [-0.1, -0.05) is 0 Å². The van der Waals surface area contributed by atoms with Crippen molar-refractivity contribution in [2.24, 2.45) is 0 Å². The third-order valence-corrected chi connectivity index (χ3v) is 3.30. The lowest BCUT2D eigenvalue weighted by molar-refractivity contribution is -0.145. The van der Waals surface area contributed by atoms with E-state index in [1.54, 1.807) is 19.1 Å². The van der Waals surface area contributed by atoms with E-state index in [9.17, 15) is 9.90 Å². The lowest BCUT2D eigenvalue weighted by Gasteiger charge is -2.15. The van der Waals surface area contributed by atoms with Crippen molar-refractivity contribution < 1.29 is 24.1 Å². The van der Waals surface area contributed by atoms with Crippen molar-refractivity contribution in [1.29, 1.82) is 0 Å². The van der Waals surface area contributed by atoms with E-state index in [4.69, 9.17) is 14.2 Å². The summed E-state index contributed by atoms with van der Waals surface area (Å²) in [4.78, 5) is 11.3. The second-order valence-corrected chi connectivity index (χ2v) is 4.56. The van der Waals surface area contributed by atoms with Crippen LogP contribution in [0, 0.1) is 0 Å². The maximum Gasteiger partial charge on any atom is 0.308 e. The van der Waals surface area contributed by atoms with Crippen molar-refractivity contribution in [3.63, 3.8) is 0 Å². The summed E-state index contributed by atoms with van der Waals surface area (Å²) in [5.74, 6) is 0.602. The molecule has 0 bridgehead atoms. The van der Waals surface area contributed by atoms with Gasteiger partial charge in [0, 0.05) is 0 Å². The fourth-order valence-electron chi connectivity index (χ4n) is 1.58. The number of hydrogen-bond donors (Lipinski definition) is 1. The van der Waals surface area contributed by atoms with Gasteiger partial charge in [-0.2, -0.15) is 0 Å². The minimum absolute atomic E-state index is 0.109. The molecule has 0 fully saturated rings. The molecule has 0 amide bonds. The van der Waals surface area contributed by atoms with Gasteiger partial charge >= 0.3 is 5.97 Å². The Morgan fingerprint density at radius 2 is 1.84 bits per heavy atom. The van der Waals surface area contributed by atoms with Gasteiger partial charge < -0.3 is 19.3 Å². The van der Waals surface area contributed by atoms with Crippen molar-refractivity contribution in [2.45, 2.75) is 19.4 Å². The molecule has 0 aromatic heterocycles. The van der Waals surface area contributed by atoms with Gasteiger partial charge in [-0.3, -0.25) is 4.79 Å². The van der Waals surface area contributed by atoms with Crippen LogP contribution in [0.1, 0.15) is 25.0 Å². The van der Waals surface area contributed by atoms with E-state index in [-0.39, 0.29) is 6.42 Å². The van der Waals surface area contributed by atoms with Gasteiger partial charge in [-0.15, -0.1) is 0 Å². The lowest BCUT2D eigenvalue weighted by atomic mass is 10.1. The number of aliphatic hydroxyl groups excluding tert-OH is 1. The highest BCUT2D eigenvalue weighted by molar-refractivity contribution is 9.10. The summed E-state index contributed by atoms with van der Waals surface area (Å²) in [5, 5.41) is 10.0. The number of halogens is 1. The van der Waals surface area contributed by atoms with Gasteiger partial charge in [-0.25, -0.2) is 0 Å². The van der Waals surface area contributed by atoms with E-state index >= 15 is 0 Å². The van der Waals surface area contributed by atoms with Crippen LogP contribution < -0.4 is 9.47 Å². The molecule has 0 saturated heterocycles. The number of aliphatic hydroxyl groups is 1. The summed E-state index contributed by atoms with van der Waals surface area (Å²) in [7, 11) is 3.03. The highest BCUT2D eigenvalue weighted by Crippen LogP contribution is 2.37. The quantitative estimate of drug-likeness (QED) is 0.810. The van der Waals surface area contributed by atoms with Crippen LogP contribution in [0.3, 0.4) is 0 Å². The number of rotatable bonds is 6. The predicted molar refractivity (Wildman–Crippen MR) is 73.5 cm³/mol. The zero-order valence-electron chi connectivity index (χ0n) is 11.1. The van der Waals surface area contributed by atoms with Crippen molar-refractivity contribution in [1.82, 2.24) is 0 Å². The van der Waals surface area contributed by atoms with E-state index in [1.165, 1.54) is 14.2 Å². The average Bonchev–Trinajstić information content (AvgIpc) is 2.39. The van der Waals surface area contributed by atoms with E-state index in [0.717, 1.165) is 0 Å². The molecule has 106 valence electrons. The summed E-state index contributed by atoms with van der Waals surface area (Å²) >= 11 is 3.34. The smallest absolute Gasteiger partial charge is 0.308 e. The van der Waals surface area contributed by atoms with Crippen LogP contribution in [0.5, 0.6) is 11.5 Å². The SMILES string of the molecule is CCOC(=O)CC(O)c1cc(OC)c(Br)c(OC)c1. The zero-order chi connectivity index (χ0) is 14.4. The molecule has 0 aliphatic heterocycles. The first-order valence-corrected chi connectivity index (χ1v) is 6.57. The van der Waals surface area contributed by atoms with E-state index in [1.807, 2.05) is 0 Å². The minimum atomic E-state index is -0.963. The predicted octanol–water partition coefficient (Wildman–Crippen LogP) is 2.45. The first kappa shape index (κ1) is 15.8. The average molecular weight is 333 g/mol. The van der Waals surface area contributed by atoms with Crippen LogP contribution in [0.4, 0.5) is 0 Å². The molecule has 0 radical (unpaired) electrons. The summed E-state index contributed by atoms with van der Waals surface area (Å²) in [6.45, 7) is 2.01. The molecule has 1 N–H and O–H groups in total. The van der Waals surface area contributed by atoms with E-state index in [2.05, 4.69) is 15.9 Å². The van der Waals surface area contributed by atoms with Gasteiger partial charge in [0.2, 0.25) is 0 Å². The van der Waals surface area contributed by atoms with Crippen LogP contribution in [0.25, 0.3) is 0 Å². The second kappa shape index (κ2) is 7.35. The lowest BCUT2D eigenvalue weighted by Crippen LogP contribution is -2.10.